The number of phenols is 1. The van der Waals surface area contributed by atoms with Crippen molar-refractivity contribution in [3.8, 4) is 5.75 Å². The Morgan fingerprint density at radius 2 is 1.85 bits per heavy atom. The fourth-order valence-electron chi connectivity index (χ4n) is 2.87. The van der Waals surface area contributed by atoms with E-state index in [9.17, 15) is 18.3 Å². The van der Waals surface area contributed by atoms with Crippen LogP contribution in [0.25, 0.3) is 21.8 Å². The van der Waals surface area contributed by atoms with Crippen LogP contribution in [0.2, 0.25) is 0 Å². The smallest absolute Gasteiger partial charge is 0.306 e. The Morgan fingerprint density at radius 1 is 1.19 bits per heavy atom. The molecule has 2 aromatic heterocycles. The van der Waals surface area contributed by atoms with Gasteiger partial charge in [0.05, 0.1) is 5.92 Å². The van der Waals surface area contributed by atoms with Crippen LogP contribution in [-0.2, 0) is 21.2 Å². The molecule has 8 nitrogen and oxygen atoms in total. The summed E-state index contributed by atoms with van der Waals surface area (Å²) in [6.45, 7) is 1.55. The SMILES string of the molecule is CC(Cc1ccc2c(S(=O)(=O)N(C)C)c3cccnc3c(O)c2n1)C(=O)O. The van der Waals surface area contributed by atoms with E-state index in [-0.39, 0.29) is 33.5 Å². The minimum absolute atomic E-state index is 0.00809. The van der Waals surface area contributed by atoms with E-state index in [4.69, 9.17) is 5.11 Å². The molecule has 1 aromatic carbocycles. The van der Waals surface area contributed by atoms with Gasteiger partial charge in [-0.2, -0.15) is 0 Å². The van der Waals surface area contributed by atoms with Gasteiger partial charge in [-0.15, -0.1) is 0 Å². The van der Waals surface area contributed by atoms with Gasteiger partial charge in [-0.05, 0) is 24.3 Å². The third-order valence-electron chi connectivity index (χ3n) is 4.37. The number of carboxylic acids is 1. The van der Waals surface area contributed by atoms with Crippen molar-refractivity contribution in [2.75, 3.05) is 14.1 Å². The lowest BCUT2D eigenvalue weighted by Gasteiger charge is -2.17. The molecule has 0 saturated carbocycles. The normalized spacial score (nSPS) is 13.3. The zero-order valence-electron chi connectivity index (χ0n) is 15.0. The number of carboxylic acid groups (broad SMARTS) is 1. The molecule has 0 aliphatic carbocycles. The third kappa shape index (κ3) is 3.19. The van der Waals surface area contributed by atoms with Crippen LogP contribution in [0, 0.1) is 5.92 Å². The van der Waals surface area contributed by atoms with Gasteiger partial charge in [0, 0.05) is 43.2 Å². The van der Waals surface area contributed by atoms with Crippen molar-refractivity contribution in [2.45, 2.75) is 18.2 Å². The van der Waals surface area contributed by atoms with Crippen LogP contribution in [0.5, 0.6) is 5.75 Å². The number of aliphatic carboxylic acids is 1. The van der Waals surface area contributed by atoms with E-state index >= 15 is 0 Å². The second-order valence-electron chi connectivity index (χ2n) is 6.51. The molecule has 27 heavy (non-hydrogen) atoms. The second kappa shape index (κ2) is 6.75. The highest BCUT2D eigenvalue weighted by molar-refractivity contribution is 7.89. The van der Waals surface area contributed by atoms with Crippen LogP contribution < -0.4 is 0 Å². The summed E-state index contributed by atoms with van der Waals surface area (Å²) in [6.07, 6.45) is 1.61. The predicted molar refractivity (Wildman–Crippen MR) is 100 cm³/mol. The van der Waals surface area contributed by atoms with Crippen LogP contribution in [0.1, 0.15) is 12.6 Å². The first-order valence-electron chi connectivity index (χ1n) is 8.19. The van der Waals surface area contributed by atoms with Crippen molar-refractivity contribution in [1.29, 1.82) is 0 Å². The fourth-order valence-corrected chi connectivity index (χ4v) is 4.12. The lowest BCUT2D eigenvalue weighted by molar-refractivity contribution is -0.141. The highest BCUT2D eigenvalue weighted by Crippen LogP contribution is 2.38. The summed E-state index contributed by atoms with van der Waals surface area (Å²) in [5, 5.41) is 20.3. The summed E-state index contributed by atoms with van der Waals surface area (Å²) in [7, 11) is -1.00. The first-order valence-corrected chi connectivity index (χ1v) is 9.63. The van der Waals surface area contributed by atoms with Crippen LogP contribution in [-0.4, -0.2) is 53.0 Å². The zero-order valence-corrected chi connectivity index (χ0v) is 15.9. The quantitative estimate of drug-likeness (QED) is 0.640. The Balaban J connectivity index is 2.39. The van der Waals surface area contributed by atoms with Crippen molar-refractivity contribution >= 4 is 37.8 Å². The summed E-state index contributed by atoms with van der Waals surface area (Å²) < 4.78 is 27.0. The van der Waals surface area contributed by atoms with Gasteiger partial charge < -0.3 is 10.2 Å². The molecule has 0 aliphatic heterocycles. The number of rotatable bonds is 5. The molecule has 0 saturated heterocycles. The van der Waals surface area contributed by atoms with Gasteiger partial charge in [-0.1, -0.05) is 6.92 Å². The molecule has 0 fully saturated rings. The van der Waals surface area contributed by atoms with Gasteiger partial charge in [0.15, 0.2) is 5.75 Å². The van der Waals surface area contributed by atoms with Gasteiger partial charge in [0.2, 0.25) is 10.0 Å². The van der Waals surface area contributed by atoms with E-state index in [0.29, 0.717) is 11.1 Å². The number of benzene rings is 1. The number of pyridine rings is 2. The van der Waals surface area contributed by atoms with E-state index in [0.717, 1.165) is 4.31 Å². The number of hydrogen-bond acceptors (Lipinski definition) is 6. The average Bonchev–Trinajstić information content (AvgIpc) is 2.62. The van der Waals surface area contributed by atoms with Crippen molar-refractivity contribution in [2.24, 2.45) is 5.92 Å². The number of nitrogens with zero attached hydrogens (tertiary/aromatic N) is 3. The topological polar surface area (TPSA) is 121 Å². The van der Waals surface area contributed by atoms with Crippen molar-refractivity contribution in [3.05, 3.63) is 36.2 Å². The molecule has 2 heterocycles. The Kier molecular flexibility index (Phi) is 4.75. The standard InChI is InChI=1S/C18H19N3O5S/c1-10(18(23)24)9-11-6-7-13-15(20-11)16(22)14-12(5-4-8-19-14)17(13)27(25,26)21(2)3/h4-8,10,22H,9H2,1-3H3,(H,23,24). The number of aromatic nitrogens is 2. The van der Waals surface area contributed by atoms with Gasteiger partial charge >= 0.3 is 5.97 Å². The Bertz CT molecular complexity index is 1160. The summed E-state index contributed by atoms with van der Waals surface area (Å²) >= 11 is 0. The summed E-state index contributed by atoms with van der Waals surface area (Å²) in [5.74, 6) is -1.86. The molecule has 0 spiro atoms. The number of phenolic OH excluding ortho intramolecular Hbond substituents is 1. The molecule has 3 aromatic rings. The van der Waals surface area contributed by atoms with Gasteiger partial charge in [-0.25, -0.2) is 17.7 Å². The number of carbonyl (C=O) groups is 1. The minimum atomic E-state index is -3.85. The lowest BCUT2D eigenvalue weighted by Crippen LogP contribution is -2.23. The summed E-state index contributed by atoms with van der Waals surface area (Å²) in [6, 6.07) is 6.31. The van der Waals surface area contributed by atoms with Crippen molar-refractivity contribution in [1.82, 2.24) is 14.3 Å². The fraction of sp³-hybridized carbons (Fsp3) is 0.278. The molecule has 0 amide bonds. The second-order valence-corrected chi connectivity index (χ2v) is 8.60. The monoisotopic (exact) mass is 389 g/mol. The largest absolute Gasteiger partial charge is 0.504 e. The molecule has 2 N–H and O–H groups in total. The molecule has 0 aliphatic rings. The first kappa shape index (κ1) is 19.0. The molecule has 9 heteroatoms. The average molecular weight is 389 g/mol. The molecule has 0 radical (unpaired) electrons. The highest BCUT2D eigenvalue weighted by atomic mass is 32.2. The Morgan fingerprint density at radius 3 is 2.48 bits per heavy atom. The number of fused-ring (bicyclic) bond motifs is 2. The number of sulfonamides is 1. The molecular weight excluding hydrogens is 370 g/mol. The zero-order chi connectivity index (χ0) is 19.9. The molecule has 0 bridgehead atoms. The molecular formula is C18H19N3O5S. The van der Waals surface area contributed by atoms with E-state index < -0.39 is 21.9 Å². The highest BCUT2D eigenvalue weighted by Gasteiger charge is 2.27. The molecule has 1 unspecified atom stereocenters. The van der Waals surface area contributed by atoms with Gasteiger partial charge in [-0.3, -0.25) is 9.78 Å². The van der Waals surface area contributed by atoms with Crippen molar-refractivity contribution in [3.63, 3.8) is 0 Å². The molecule has 142 valence electrons. The van der Waals surface area contributed by atoms with Crippen LogP contribution in [0.15, 0.2) is 35.4 Å². The summed E-state index contributed by atoms with van der Waals surface area (Å²) in [5.41, 5.74) is 0.647. The van der Waals surface area contributed by atoms with Crippen molar-refractivity contribution < 1.29 is 23.4 Å². The predicted octanol–water partition coefficient (Wildman–Crippen LogP) is 2.00. The number of aromatic hydroxyl groups is 1. The third-order valence-corrected chi connectivity index (χ3v) is 6.29. The van der Waals surface area contributed by atoms with E-state index in [1.54, 1.807) is 31.2 Å². The van der Waals surface area contributed by atoms with E-state index in [2.05, 4.69) is 9.97 Å². The maximum absolute atomic E-state index is 12.9. The Hall–Kier alpha value is -2.78. The molecule has 3 rings (SSSR count). The van der Waals surface area contributed by atoms with Crippen LogP contribution in [0.3, 0.4) is 0 Å². The maximum Gasteiger partial charge on any atom is 0.306 e. The minimum Gasteiger partial charge on any atom is -0.504 e. The Labute approximate surface area is 156 Å². The van der Waals surface area contributed by atoms with E-state index in [1.165, 1.54) is 20.3 Å². The van der Waals surface area contributed by atoms with Crippen LogP contribution >= 0.6 is 0 Å². The molecule has 1 atom stereocenters. The lowest BCUT2D eigenvalue weighted by atomic mass is 10.0. The van der Waals surface area contributed by atoms with Crippen LogP contribution in [0.4, 0.5) is 0 Å². The van der Waals surface area contributed by atoms with Gasteiger partial charge in [0.1, 0.15) is 15.9 Å². The van der Waals surface area contributed by atoms with E-state index in [1.807, 2.05) is 0 Å². The maximum atomic E-state index is 12.9. The summed E-state index contributed by atoms with van der Waals surface area (Å²) in [4.78, 5) is 19.6. The number of hydrogen-bond donors (Lipinski definition) is 2. The first-order chi connectivity index (χ1) is 12.6. The van der Waals surface area contributed by atoms with Gasteiger partial charge in [0.25, 0.3) is 0 Å².